The smallest absolute Gasteiger partial charge is 0.366 e. The van der Waals surface area contributed by atoms with E-state index in [1.807, 2.05) is 0 Å². The van der Waals surface area contributed by atoms with E-state index in [-0.39, 0.29) is 36.6 Å². The lowest BCUT2D eigenvalue weighted by atomic mass is 9.96. The number of rotatable bonds is 2. The molecule has 0 radical (unpaired) electrons. The van der Waals surface area contributed by atoms with Crippen LogP contribution in [0.15, 0.2) is 18.2 Å². The molecule has 110 valence electrons. The predicted octanol–water partition coefficient (Wildman–Crippen LogP) is 4.03. The van der Waals surface area contributed by atoms with E-state index in [0.717, 1.165) is 0 Å². The van der Waals surface area contributed by atoms with Crippen molar-refractivity contribution in [2.24, 2.45) is 5.92 Å². The third kappa shape index (κ3) is 3.15. The Kier molecular flexibility index (Phi) is 4.08. The molecule has 8 heteroatoms. The van der Waals surface area contributed by atoms with Crippen LogP contribution in [0.4, 0.5) is 24.5 Å². The molecule has 0 bridgehead atoms. The first kappa shape index (κ1) is 14.9. The number of halogens is 4. The van der Waals surface area contributed by atoms with Crippen LogP contribution < -0.4 is 4.90 Å². The number of benzene rings is 1. The maximum absolute atomic E-state index is 12.6. The van der Waals surface area contributed by atoms with Crippen molar-refractivity contribution in [3.8, 4) is 0 Å². The SMILES string of the molecule is O=[N+]([O-])c1cc(Cl)ccc1N1CCC(C(F)(F)F)CC1. The van der Waals surface area contributed by atoms with Gasteiger partial charge in [0.1, 0.15) is 5.69 Å². The van der Waals surface area contributed by atoms with Crippen molar-refractivity contribution in [2.75, 3.05) is 18.0 Å². The summed E-state index contributed by atoms with van der Waals surface area (Å²) < 4.78 is 37.8. The second-order valence-electron chi connectivity index (χ2n) is 4.69. The van der Waals surface area contributed by atoms with E-state index in [2.05, 4.69) is 0 Å². The van der Waals surface area contributed by atoms with E-state index in [0.29, 0.717) is 5.69 Å². The van der Waals surface area contributed by atoms with Crippen LogP contribution in [0.2, 0.25) is 5.02 Å². The lowest BCUT2D eigenvalue weighted by Crippen LogP contribution is -2.39. The lowest BCUT2D eigenvalue weighted by molar-refractivity contribution is -0.384. The highest BCUT2D eigenvalue weighted by molar-refractivity contribution is 6.30. The van der Waals surface area contributed by atoms with Crippen LogP contribution in [-0.2, 0) is 0 Å². The van der Waals surface area contributed by atoms with Crippen molar-refractivity contribution in [2.45, 2.75) is 19.0 Å². The van der Waals surface area contributed by atoms with Crippen LogP contribution in [-0.4, -0.2) is 24.2 Å². The molecule has 1 aliphatic heterocycles. The number of nitro benzene ring substituents is 1. The zero-order valence-electron chi connectivity index (χ0n) is 10.4. The molecular formula is C12H12ClF3N2O2. The maximum Gasteiger partial charge on any atom is 0.391 e. The molecule has 0 saturated carbocycles. The fourth-order valence-corrected chi connectivity index (χ4v) is 2.52. The van der Waals surface area contributed by atoms with Crippen LogP contribution in [0.3, 0.4) is 0 Å². The summed E-state index contributed by atoms with van der Waals surface area (Å²) in [6.45, 7) is 0.291. The van der Waals surface area contributed by atoms with Gasteiger partial charge in [-0.2, -0.15) is 13.2 Å². The van der Waals surface area contributed by atoms with Crippen LogP contribution in [0, 0.1) is 16.0 Å². The molecule has 0 unspecified atom stereocenters. The average Bonchev–Trinajstić information content (AvgIpc) is 2.37. The Bertz CT molecular complexity index is 514. The van der Waals surface area contributed by atoms with Gasteiger partial charge in [-0.3, -0.25) is 10.1 Å². The standard InChI is InChI=1S/C12H12ClF3N2O2/c13-9-1-2-10(11(7-9)18(19)20)17-5-3-8(4-6-17)12(14,15)16/h1-2,7-8H,3-6H2. The zero-order valence-corrected chi connectivity index (χ0v) is 11.1. The van der Waals surface area contributed by atoms with E-state index < -0.39 is 17.0 Å². The van der Waals surface area contributed by atoms with Crippen molar-refractivity contribution >= 4 is 23.0 Å². The summed E-state index contributed by atoms with van der Waals surface area (Å²) >= 11 is 5.71. The normalized spacial score (nSPS) is 17.3. The van der Waals surface area contributed by atoms with Crippen molar-refractivity contribution < 1.29 is 18.1 Å². The van der Waals surface area contributed by atoms with Gasteiger partial charge in [-0.1, -0.05) is 11.6 Å². The fourth-order valence-electron chi connectivity index (χ4n) is 2.36. The number of nitro groups is 1. The van der Waals surface area contributed by atoms with Gasteiger partial charge in [-0.05, 0) is 25.0 Å². The van der Waals surface area contributed by atoms with Crippen molar-refractivity contribution in [1.82, 2.24) is 0 Å². The molecule has 0 aliphatic carbocycles. The number of hydrogen-bond acceptors (Lipinski definition) is 3. The van der Waals surface area contributed by atoms with Gasteiger partial charge in [-0.15, -0.1) is 0 Å². The van der Waals surface area contributed by atoms with E-state index in [4.69, 9.17) is 11.6 Å². The molecule has 0 aromatic heterocycles. The number of hydrogen-bond donors (Lipinski definition) is 0. The summed E-state index contributed by atoms with van der Waals surface area (Å²) in [7, 11) is 0. The van der Waals surface area contributed by atoms with E-state index in [9.17, 15) is 23.3 Å². The second-order valence-corrected chi connectivity index (χ2v) is 5.13. The molecule has 0 N–H and O–H groups in total. The molecule has 0 spiro atoms. The van der Waals surface area contributed by atoms with Gasteiger partial charge in [0, 0.05) is 24.2 Å². The van der Waals surface area contributed by atoms with Crippen LogP contribution in [0.5, 0.6) is 0 Å². The Morgan fingerprint density at radius 1 is 1.30 bits per heavy atom. The first-order valence-corrected chi connectivity index (χ1v) is 6.42. The first-order chi connectivity index (χ1) is 9.29. The summed E-state index contributed by atoms with van der Waals surface area (Å²) in [4.78, 5) is 12.0. The van der Waals surface area contributed by atoms with Crippen molar-refractivity contribution in [1.29, 1.82) is 0 Å². The van der Waals surface area contributed by atoms with E-state index >= 15 is 0 Å². The quantitative estimate of drug-likeness (QED) is 0.612. The zero-order chi connectivity index (χ0) is 14.9. The minimum Gasteiger partial charge on any atom is -0.366 e. The van der Waals surface area contributed by atoms with Crippen LogP contribution >= 0.6 is 11.6 Å². The minimum absolute atomic E-state index is 0.0523. The number of alkyl halides is 3. The molecule has 1 saturated heterocycles. The number of piperidine rings is 1. The predicted molar refractivity (Wildman–Crippen MR) is 69.1 cm³/mol. The van der Waals surface area contributed by atoms with Gasteiger partial charge >= 0.3 is 6.18 Å². The van der Waals surface area contributed by atoms with Gasteiger partial charge in [0.2, 0.25) is 0 Å². The van der Waals surface area contributed by atoms with E-state index in [1.54, 1.807) is 4.90 Å². The molecule has 4 nitrogen and oxygen atoms in total. The first-order valence-electron chi connectivity index (χ1n) is 6.04. The molecule has 20 heavy (non-hydrogen) atoms. The highest BCUT2D eigenvalue weighted by atomic mass is 35.5. The third-order valence-corrected chi connectivity index (χ3v) is 3.67. The molecule has 2 rings (SSSR count). The van der Waals surface area contributed by atoms with Gasteiger partial charge < -0.3 is 4.90 Å². The maximum atomic E-state index is 12.6. The van der Waals surface area contributed by atoms with E-state index in [1.165, 1.54) is 18.2 Å². The molecule has 1 aliphatic rings. The average molecular weight is 309 g/mol. The summed E-state index contributed by atoms with van der Waals surface area (Å²) in [5.74, 6) is -1.33. The molecule has 1 aromatic rings. The fraction of sp³-hybridized carbons (Fsp3) is 0.500. The molecule has 0 amide bonds. The molecule has 1 aromatic carbocycles. The summed E-state index contributed by atoms with van der Waals surface area (Å²) in [6.07, 6.45) is -4.30. The minimum atomic E-state index is -4.20. The van der Waals surface area contributed by atoms with Crippen molar-refractivity contribution in [3.63, 3.8) is 0 Å². The van der Waals surface area contributed by atoms with Crippen LogP contribution in [0.1, 0.15) is 12.8 Å². The van der Waals surface area contributed by atoms with Crippen molar-refractivity contribution in [3.05, 3.63) is 33.3 Å². The summed E-state index contributed by atoms with van der Waals surface area (Å²) in [5, 5.41) is 11.2. The van der Waals surface area contributed by atoms with Crippen LogP contribution in [0.25, 0.3) is 0 Å². The van der Waals surface area contributed by atoms with Gasteiger partial charge in [0.15, 0.2) is 0 Å². The molecule has 0 atom stereocenters. The Balaban J connectivity index is 2.17. The summed E-state index contributed by atoms with van der Waals surface area (Å²) in [5.41, 5.74) is 0.142. The monoisotopic (exact) mass is 308 g/mol. The number of nitrogens with zero attached hydrogens (tertiary/aromatic N) is 2. The Hall–Kier alpha value is -1.50. The highest BCUT2D eigenvalue weighted by Crippen LogP contribution is 2.38. The highest BCUT2D eigenvalue weighted by Gasteiger charge is 2.41. The molecule has 1 heterocycles. The summed E-state index contributed by atoms with van der Waals surface area (Å²) in [6, 6.07) is 4.20. The Labute approximate surface area is 118 Å². The van der Waals surface area contributed by atoms with Gasteiger partial charge in [-0.25, -0.2) is 0 Å². The largest absolute Gasteiger partial charge is 0.391 e. The van der Waals surface area contributed by atoms with Gasteiger partial charge in [0.05, 0.1) is 10.8 Å². The Morgan fingerprint density at radius 2 is 1.90 bits per heavy atom. The third-order valence-electron chi connectivity index (χ3n) is 3.43. The second kappa shape index (κ2) is 5.47. The molecular weight excluding hydrogens is 297 g/mol. The van der Waals surface area contributed by atoms with Gasteiger partial charge in [0.25, 0.3) is 5.69 Å². The lowest BCUT2D eigenvalue weighted by Gasteiger charge is -2.34. The number of anilines is 1. The Morgan fingerprint density at radius 3 is 2.40 bits per heavy atom. The molecule has 1 fully saturated rings. The topological polar surface area (TPSA) is 46.4 Å².